The molecule has 0 bridgehead atoms. The Bertz CT molecular complexity index is 898. The van der Waals surface area contributed by atoms with Crippen LogP contribution in [0.25, 0.3) is 0 Å². The number of carbonyl (C=O) groups excluding carboxylic acids is 1. The standard InChI is InChI=1S/C18H22N2O4S/c1-11-8-12(2)18(13(3)9-11)25(22,23)20-16-10-15(19-14(4)21)6-7-17(16)24-5/h6-10,20H,1-5H3,(H,19,21). The number of sulfonamides is 1. The van der Waals surface area contributed by atoms with E-state index >= 15 is 0 Å². The number of benzene rings is 2. The molecular formula is C18H22N2O4S. The Morgan fingerprint density at radius 3 is 2.16 bits per heavy atom. The van der Waals surface area contributed by atoms with Crippen molar-refractivity contribution in [2.45, 2.75) is 32.6 Å². The quantitative estimate of drug-likeness (QED) is 0.854. The first-order valence-corrected chi connectivity index (χ1v) is 9.18. The lowest BCUT2D eigenvalue weighted by Crippen LogP contribution is -2.17. The van der Waals surface area contributed by atoms with Crippen LogP contribution in [0.3, 0.4) is 0 Å². The second-order valence-corrected chi connectivity index (χ2v) is 7.55. The van der Waals surface area contributed by atoms with Crippen molar-refractivity contribution in [2.75, 3.05) is 17.1 Å². The van der Waals surface area contributed by atoms with Crippen LogP contribution in [-0.4, -0.2) is 21.4 Å². The van der Waals surface area contributed by atoms with Crippen molar-refractivity contribution in [1.82, 2.24) is 0 Å². The highest BCUT2D eigenvalue weighted by Crippen LogP contribution is 2.31. The van der Waals surface area contributed by atoms with Gasteiger partial charge in [0.25, 0.3) is 10.0 Å². The summed E-state index contributed by atoms with van der Waals surface area (Å²) in [5, 5.41) is 2.62. The summed E-state index contributed by atoms with van der Waals surface area (Å²) in [6, 6.07) is 8.41. The molecule has 0 aliphatic carbocycles. The highest BCUT2D eigenvalue weighted by atomic mass is 32.2. The van der Waals surface area contributed by atoms with E-state index in [-0.39, 0.29) is 16.5 Å². The number of nitrogens with one attached hydrogen (secondary N) is 2. The van der Waals surface area contributed by atoms with Crippen LogP contribution in [0, 0.1) is 20.8 Å². The third kappa shape index (κ3) is 4.30. The Hall–Kier alpha value is -2.54. The molecule has 2 rings (SSSR count). The highest BCUT2D eigenvalue weighted by molar-refractivity contribution is 7.92. The summed E-state index contributed by atoms with van der Waals surface area (Å²) in [4.78, 5) is 11.5. The number of hydrogen-bond donors (Lipinski definition) is 2. The minimum absolute atomic E-state index is 0.241. The van der Waals surface area contributed by atoms with Gasteiger partial charge in [-0.15, -0.1) is 0 Å². The molecular weight excluding hydrogens is 340 g/mol. The molecule has 0 saturated carbocycles. The van der Waals surface area contributed by atoms with Gasteiger partial charge in [-0.3, -0.25) is 9.52 Å². The fourth-order valence-electron chi connectivity index (χ4n) is 2.86. The van der Waals surface area contributed by atoms with Gasteiger partial charge in [-0.25, -0.2) is 8.42 Å². The van der Waals surface area contributed by atoms with Gasteiger partial charge in [0.15, 0.2) is 0 Å². The first-order valence-electron chi connectivity index (χ1n) is 7.70. The van der Waals surface area contributed by atoms with Crippen molar-refractivity contribution in [3.05, 3.63) is 47.0 Å². The van der Waals surface area contributed by atoms with Crippen LogP contribution in [0.5, 0.6) is 5.75 Å². The second-order valence-electron chi connectivity index (χ2n) is 5.93. The van der Waals surface area contributed by atoms with E-state index in [9.17, 15) is 13.2 Å². The largest absolute Gasteiger partial charge is 0.495 e. The third-order valence-corrected chi connectivity index (χ3v) is 5.31. The maximum Gasteiger partial charge on any atom is 0.262 e. The van der Waals surface area contributed by atoms with Crippen molar-refractivity contribution in [3.63, 3.8) is 0 Å². The summed E-state index contributed by atoms with van der Waals surface area (Å²) >= 11 is 0. The average molecular weight is 362 g/mol. The lowest BCUT2D eigenvalue weighted by atomic mass is 10.1. The van der Waals surface area contributed by atoms with Crippen LogP contribution in [0.2, 0.25) is 0 Å². The molecule has 0 atom stereocenters. The molecule has 2 aromatic rings. The van der Waals surface area contributed by atoms with E-state index < -0.39 is 10.0 Å². The SMILES string of the molecule is COc1ccc(NC(C)=O)cc1NS(=O)(=O)c1c(C)cc(C)cc1C. The summed E-state index contributed by atoms with van der Waals surface area (Å²) in [5.74, 6) is 0.115. The van der Waals surface area contributed by atoms with E-state index in [4.69, 9.17) is 4.74 Å². The predicted octanol–water partition coefficient (Wildman–Crippen LogP) is 3.38. The molecule has 0 fully saturated rings. The van der Waals surface area contributed by atoms with Crippen molar-refractivity contribution in [3.8, 4) is 5.75 Å². The summed E-state index contributed by atoms with van der Waals surface area (Å²) in [7, 11) is -2.36. The number of methoxy groups -OCH3 is 1. The molecule has 7 heteroatoms. The minimum Gasteiger partial charge on any atom is -0.495 e. The normalized spacial score (nSPS) is 11.1. The Labute approximate surface area is 148 Å². The number of hydrogen-bond acceptors (Lipinski definition) is 4. The smallest absolute Gasteiger partial charge is 0.262 e. The molecule has 2 N–H and O–H groups in total. The van der Waals surface area contributed by atoms with Gasteiger partial charge in [0, 0.05) is 12.6 Å². The van der Waals surface area contributed by atoms with Gasteiger partial charge in [0.05, 0.1) is 17.7 Å². The fourth-order valence-corrected chi connectivity index (χ4v) is 4.37. The van der Waals surface area contributed by atoms with Crippen LogP contribution in [0.1, 0.15) is 23.6 Å². The lowest BCUT2D eigenvalue weighted by Gasteiger charge is -2.16. The molecule has 1 amide bonds. The number of rotatable bonds is 5. The molecule has 0 spiro atoms. The first kappa shape index (κ1) is 18.8. The van der Waals surface area contributed by atoms with Gasteiger partial charge in [0.2, 0.25) is 5.91 Å². The molecule has 0 heterocycles. The summed E-state index contributed by atoms with van der Waals surface area (Å²) < 4.78 is 33.6. The van der Waals surface area contributed by atoms with Crippen molar-refractivity contribution in [2.24, 2.45) is 0 Å². The number of aryl methyl sites for hydroxylation is 3. The van der Waals surface area contributed by atoms with Crippen LogP contribution in [0.15, 0.2) is 35.2 Å². The number of amides is 1. The Kier molecular flexibility index (Phi) is 5.37. The monoisotopic (exact) mass is 362 g/mol. The van der Waals surface area contributed by atoms with Gasteiger partial charge < -0.3 is 10.1 Å². The van der Waals surface area contributed by atoms with E-state index in [0.717, 1.165) is 5.56 Å². The highest BCUT2D eigenvalue weighted by Gasteiger charge is 2.21. The molecule has 25 heavy (non-hydrogen) atoms. The minimum atomic E-state index is -3.81. The van der Waals surface area contributed by atoms with E-state index in [0.29, 0.717) is 22.6 Å². The van der Waals surface area contributed by atoms with Gasteiger partial charge in [-0.1, -0.05) is 17.7 Å². The molecule has 0 saturated heterocycles. The van der Waals surface area contributed by atoms with E-state index in [2.05, 4.69) is 10.0 Å². The van der Waals surface area contributed by atoms with Crippen LogP contribution < -0.4 is 14.8 Å². The van der Waals surface area contributed by atoms with Gasteiger partial charge in [-0.2, -0.15) is 0 Å². The molecule has 0 aliphatic heterocycles. The van der Waals surface area contributed by atoms with Gasteiger partial charge in [0.1, 0.15) is 5.75 Å². The number of carbonyl (C=O) groups is 1. The maximum absolute atomic E-state index is 12.9. The van der Waals surface area contributed by atoms with Gasteiger partial charge >= 0.3 is 0 Å². The van der Waals surface area contributed by atoms with E-state index in [1.54, 1.807) is 26.0 Å². The zero-order valence-corrected chi connectivity index (χ0v) is 15.7. The molecule has 0 unspecified atom stereocenters. The first-order chi connectivity index (χ1) is 11.6. The Morgan fingerprint density at radius 2 is 1.64 bits per heavy atom. The molecule has 0 radical (unpaired) electrons. The van der Waals surface area contributed by atoms with Gasteiger partial charge in [-0.05, 0) is 50.1 Å². The fraction of sp³-hybridized carbons (Fsp3) is 0.278. The summed E-state index contributed by atoms with van der Waals surface area (Å²) in [6.07, 6.45) is 0. The topological polar surface area (TPSA) is 84.5 Å². The predicted molar refractivity (Wildman–Crippen MR) is 98.8 cm³/mol. The molecule has 0 aliphatic rings. The molecule has 6 nitrogen and oxygen atoms in total. The average Bonchev–Trinajstić information content (AvgIpc) is 2.44. The van der Waals surface area contributed by atoms with Crippen LogP contribution in [-0.2, 0) is 14.8 Å². The van der Waals surface area contributed by atoms with Crippen molar-refractivity contribution >= 4 is 27.3 Å². The molecule has 0 aromatic heterocycles. The van der Waals surface area contributed by atoms with Crippen molar-refractivity contribution < 1.29 is 17.9 Å². The van der Waals surface area contributed by atoms with Crippen LogP contribution >= 0.6 is 0 Å². The Balaban J connectivity index is 2.49. The number of ether oxygens (including phenoxy) is 1. The van der Waals surface area contributed by atoms with Crippen LogP contribution in [0.4, 0.5) is 11.4 Å². The summed E-state index contributed by atoms with van der Waals surface area (Å²) in [5.41, 5.74) is 3.07. The second kappa shape index (κ2) is 7.14. The third-order valence-electron chi connectivity index (χ3n) is 3.64. The van der Waals surface area contributed by atoms with Crippen molar-refractivity contribution in [1.29, 1.82) is 0 Å². The zero-order chi connectivity index (χ0) is 18.8. The molecule has 134 valence electrons. The van der Waals surface area contributed by atoms with E-state index in [1.165, 1.54) is 20.1 Å². The Morgan fingerprint density at radius 1 is 1.04 bits per heavy atom. The van der Waals surface area contributed by atoms with E-state index in [1.807, 2.05) is 19.1 Å². The summed E-state index contributed by atoms with van der Waals surface area (Å²) in [6.45, 7) is 6.83. The number of anilines is 2. The zero-order valence-electron chi connectivity index (χ0n) is 14.9. The maximum atomic E-state index is 12.9. The lowest BCUT2D eigenvalue weighted by molar-refractivity contribution is -0.114. The molecule has 2 aromatic carbocycles.